The molecule has 1 unspecified atom stereocenters. The molecule has 5 heteroatoms. The van der Waals surface area contributed by atoms with Gasteiger partial charge in [-0.2, -0.15) is 0 Å². The standard InChI is InChI=1S/C15H20N2O2S/c1-2-13-15(19)16-7-8-17(13)11-14-12(6-10-20-14)5-3-4-9-18/h6,10,13,18H,2,4,7-9,11H2,1H3,(H,16,19). The van der Waals surface area contributed by atoms with E-state index in [1.54, 1.807) is 11.3 Å². The van der Waals surface area contributed by atoms with Gasteiger partial charge in [-0.15, -0.1) is 11.3 Å². The van der Waals surface area contributed by atoms with Gasteiger partial charge in [0.05, 0.1) is 12.6 Å². The molecule has 0 aliphatic carbocycles. The minimum Gasteiger partial charge on any atom is -0.395 e. The number of amides is 1. The van der Waals surface area contributed by atoms with Crippen LogP contribution in [-0.2, 0) is 11.3 Å². The Morgan fingerprint density at radius 3 is 3.20 bits per heavy atom. The van der Waals surface area contributed by atoms with Gasteiger partial charge in [-0.25, -0.2) is 0 Å². The summed E-state index contributed by atoms with van der Waals surface area (Å²) in [6.07, 6.45) is 1.32. The Hall–Kier alpha value is -1.35. The van der Waals surface area contributed by atoms with E-state index < -0.39 is 0 Å². The van der Waals surface area contributed by atoms with Gasteiger partial charge in [0.1, 0.15) is 0 Å². The van der Waals surface area contributed by atoms with Crippen molar-refractivity contribution in [2.24, 2.45) is 0 Å². The number of carbonyl (C=O) groups is 1. The molecule has 0 aromatic carbocycles. The van der Waals surface area contributed by atoms with Crippen molar-refractivity contribution in [3.63, 3.8) is 0 Å². The fourth-order valence-corrected chi connectivity index (χ4v) is 3.22. The Morgan fingerprint density at radius 1 is 1.60 bits per heavy atom. The molecule has 2 heterocycles. The van der Waals surface area contributed by atoms with Crippen LogP contribution in [0.5, 0.6) is 0 Å². The molecular weight excluding hydrogens is 272 g/mol. The van der Waals surface area contributed by atoms with Crippen molar-refractivity contribution in [2.45, 2.75) is 32.4 Å². The van der Waals surface area contributed by atoms with E-state index in [0.717, 1.165) is 25.1 Å². The van der Waals surface area contributed by atoms with Gasteiger partial charge in [0.15, 0.2) is 0 Å². The first kappa shape index (κ1) is 15.0. The zero-order chi connectivity index (χ0) is 14.4. The molecule has 0 radical (unpaired) electrons. The Kier molecular flexibility index (Phi) is 5.60. The van der Waals surface area contributed by atoms with Crippen molar-refractivity contribution < 1.29 is 9.90 Å². The fourth-order valence-electron chi connectivity index (χ4n) is 2.37. The first-order valence-corrected chi connectivity index (χ1v) is 7.82. The molecule has 108 valence electrons. The number of aliphatic hydroxyl groups is 1. The quantitative estimate of drug-likeness (QED) is 0.820. The van der Waals surface area contributed by atoms with Crippen molar-refractivity contribution in [3.8, 4) is 11.8 Å². The summed E-state index contributed by atoms with van der Waals surface area (Å²) in [6.45, 7) is 4.50. The van der Waals surface area contributed by atoms with Gasteiger partial charge in [-0.3, -0.25) is 9.69 Å². The molecule has 1 aliphatic heterocycles. The molecule has 0 bridgehead atoms. The third-order valence-electron chi connectivity index (χ3n) is 3.38. The highest BCUT2D eigenvalue weighted by molar-refractivity contribution is 7.10. The zero-order valence-electron chi connectivity index (χ0n) is 11.7. The summed E-state index contributed by atoms with van der Waals surface area (Å²) < 4.78 is 0. The molecule has 0 spiro atoms. The highest BCUT2D eigenvalue weighted by atomic mass is 32.1. The van der Waals surface area contributed by atoms with Gasteiger partial charge in [0, 0.05) is 36.5 Å². The number of hydrogen-bond donors (Lipinski definition) is 2. The number of rotatable bonds is 4. The van der Waals surface area contributed by atoms with Crippen LogP contribution >= 0.6 is 11.3 Å². The summed E-state index contributed by atoms with van der Waals surface area (Å²) in [5.41, 5.74) is 1.02. The topological polar surface area (TPSA) is 52.6 Å². The average molecular weight is 292 g/mol. The second-order valence-corrected chi connectivity index (χ2v) is 5.72. The number of hydrogen-bond acceptors (Lipinski definition) is 4. The molecule has 2 N–H and O–H groups in total. The molecule has 1 aromatic heterocycles. The van der Waals surface area contributed by atoms with Crippen molar-refractivity contribution >= 4 is 17.2 Å². The Bertz CT molecular complexity index is 515. The van der Waals surface area contributed by atoms with E-state index in [9.17, 15) is 4.79 Å². The normalized spacial score (nSPS) is 19.3. The average Bonchev–Trinajstić information content (AvgIpc) is 2.87. The number of nitrogens with one attached hydrogen (secondary N) is 1. The molecule has 1 atom stereocenters. The van der Waals surface area contributed by atoms with E-state index >= 15 is 0 Å². The van der Waals surface area contributed by atoms with Gasteiger partial charge in [-0.1, -0.05) is 18.8 Å². The Morgan fingerprint density at radius 2 is 2.45 bits per heavy atom. The maximum absolute atomic E-state index is 11.9. The summed E-state index contributed by atoms with van der Waals surface area (Å²) in [6, 6.07) is 1.97. The zero-order valence-corrected chi connectivity index (χ0v) is 12.5. The van der Waals surface area contributed by atoms with E-state index in [1.165, 1.54) is 4.88 Å². The monoisotopic (exact) mass is 292 g/mol. The van der Waals surface area contributed by atoms with E-state index in [-0.39, 0.29) is 18.6 Å². The van der Waals surface area contributed by atoms with E-state index in [0.29, 0.717) is 13.0 Å². The van der Waals surface area contributed by atoms with Crippen LogP contribution in [0.1, 0.15) is 30.2 Å². The third-order valence-corrected chi connectivity index (χ3v) is 4.29. The summed E-state index contributed by atoms with van der Waals surface area (Å²) in [5, 5.41) is 13.7. The number of piperazine rings is 1. The van der Waals surface area contributed by atoms with Crippen LogP contribution in [0.15, 0.2) is 11.4 Å². The van der Waals surface area contributed by atoms with Crippen LogP contribution in [0.2, 0.25) is 0 Å². The number of thiophene rings is 1. The predicted octanol–water partition coefficient (Wildman–Crippen LogP) is 1.19. The molecular formula is C15H20N2O2S. The second-order valence-electron chi connectivity index (χ2n) is 4.72. The van der Waals surface area contributed by atoms with Crippen LogP contribution in [0.4, 0.5) is 0 Å². The molecule has 4 nitrogen and oxygen atoms in total. The lowest BCUT2D eigenvalue weighted by Gasteiger charge is -2.34. The number of aliphatic hydroxyl groups excluding tert-OH is 1. The summed E-state index contributed by atoms with van der Waals surface area (Å²) in [7, 11) is 0. The fraction of sp³-hybridized carbons (Fsp3) is 0.533. The number of carbonyl (C=O) groups excluding carboxylic acids is 1. The van der Waals surface area contributed by atoms with E-state index in [4.69, 9.17) is 5.11 Å². The molecule has 1 amide bonds. The molecule has 1 aliphatic rings. The first-order valence-electron chi connectivity index (χ1n) is 6.94. The van der Waals surface area contributed by atoms with E-state index in [1.807, 2.05) is 18.4 Å². The van der Waals surface area contributed by atoms with Crippen LogP contribution in [-0.4, -0.2) is 41.7 Å². The van der Waals surface area contributed by atoms with E-state index in [2.05, 4.69) is 22.1 Å². The van der Waals surface area contributed by atoms with Crippen LogP contribution in [0.3, 0.4) is 0 Å². The van der Waals surface area contributed by atoms with Crippen LogP contribution in [0, 0.1) is 11.8 Å². The Labute approximate surface area is 123 Å². The highest BCUT2D eigenvalue weighted by Crippen LogP contribution is 2.21. The van der Waals surface area contributed by atoms with Gasteiger partial charge >= 0.3 is 0 Å². The minimum absolute atomic E-state index is 0.0379. The second kappa shape index (κ2) is 7.44. The van der Waals surface area contributed by atoms with Gasteiger partial charge in [0.25, 0.3) is 0 Å². The van der Waals surface area contributed by atoms with Gasteiger partial charge < -0.3 is 10.4 Å². The van der Waals surface area contributed by atoms with Crippen molar-refractivity contribution in [1.29, 1.82) is 0 Å². The molecule has 20 heavy (non-hydrogen) atoms. The van der Waals surface area contributed by atoms with Crippen LogP contribution in [0.25, 0.3) is 0 Å². The molecule has 1 saturated heterocycles. The summed E-state index contributed by atoms with van der Waals surface area (Å²) >= 11 is 1.68. The largest absolute Gasteiger partial charge is 0.395 e. The molecule has 2 rings (SSSR count). The maximum Gasteiger partial charge on any atom is 0.237 e. The van der Waals surface area contributed by atoms with Gasteiger partial charge in [-0.05, 0) is 17.9 Å². The van der Waals surface area contributed by atoms with Crippen molar-refractivity contribution in [2.75, 3.05) is 19.7 Å². The summed E-state index contributed by atoms with van der Waals surface area (Å²) in [4.78, 5) is 15.3. The smallest absolute Gasteiger partial charge is 0.237 e. The third kappa shape index (κ3) is 3.60. The lowest BCUT2D eigenvalue weighted by atomic mass is 10.1. The van der Waals surface area contributed by atoms with Crippen LogP contribution < -0.4 is 5.32 Å². The minimum atomic E-state index is -0.0379. The molecule has 1 aromatic rings. The Balaban J connectivity index is 2.08. The first-order chi connectivity index (χ1) is 9.76. The maximum atomic E-state index is 11.9. The predicted molar refractivity (Wildman–Crippen MR) is 80.4 cm³/mol. The highest BCUT2D eigenvalue weighted by Gasteiger charge is 2.28. The molecule has 1 fully saturated rings. The van der Waals surface area contributed by atoms with Gasteiger partial charge in [0.2, 0.25) is 5.91 Å². The lowest BCUT2D eigenvalue weighted by molar-refractivity contribution is -0.129. The van der Waals surface area contributed by atoms with Crippen molar-refractivity contribution in [1.82, 2.24) is 10.2 Å². The van der Waals surface area contributed by atoms with Crippen molar-refractivity contribution in [3.05, 3.63) is 21.9 Å². The number of nitrogens with zero attached hydrogens (tertiary/aromatic N) is 1. The molecule has 0 saturated carbocycles. The lowest BCUT2D eigenvalue weighted by Crippen LogP contribution is -2.54. The SMILES string of the molecule is CCC1C(=O)NCCN1Cc1sccc1C#CCCO. The summed E-state index contributed by atoms with van der Waals surface area (Å²) in [5.74, 6) is 6.19.